The zero-order valence-electron chi connectivity index (χ0n) is 16.7. The summed E-state index contributed by atoms with van der Waals surface area (Å²) in [6.45, 7) is 4.92. The van der Waals surface area contributed by atoms with Crippen LogP contribution in [0, 0.1) is 6.92 Å². The van der Waals surface area contributed by atoms with E-state index >= 15 is 0 Å². The van der Waals surface area contributed by atoms with Gasteiger partial charge in [0.25, 0.3) is 5.60 Å². The van der Waals surface area contributed by atoms with Gasteiger partial charge in [0.1, 0.15) is 0 Å². The number of aryl methyl sites for hydroxylation is 1. The summed E-state index contributed by atoms with van der Waals surface area (Å²) in [7, 11) is 0. The zero-order chi connectivity index (χ0) is 22.2. The van der Waals surface area contributed by atoms with Gasteiger partial charge >= 0.3 is 17.9 Å². The van der Waals surface area contributed by atoms with E-state index in [0.717, 1.165) is 20.8 Å². The van der Waals surface area contributed by atoms with Gasteiger partial charge in [-0.1, -0.05) is 24.3 Å². The monoisotopic (exact) mass is 410 g/mol. The lowest BCUT2D eigenvalue weighted by atomic mass is 9.86. The molecule has 0 saturated heterocycles. The Kier molecular flexibility index (Phi) is 5.26. The van der Waals surface area contributed by atoms with Gasteiger partial charge in [0.2, 0.25) is 11.6 Å². The Morgan fingerprint density at radius 3 is 1.80 bits per heavy atom. The summed E-state index contributed by atoms with van der Waals surface area (Å²) in [5.41, 5.74) is -2.02. The number of ketones is 2. The van der Waals surface area contributed by atoms with Gasteiger partial charge in [-0.3, -0.25) is 24.0 Å². The molecule has 154 valence electrons. The molecule has 0 N–H and O–H groups in total. The highest BCUT2D eigenvalue weighted by atomic mass is 16.6. The molecule has 8 nitrogen and oxygen atoms in total. The molecule has 8 heteroatoms. The lowest BCUT2D eigenvalue weighted by Gasteiger charge is -2.28. The lowest BCUT2D eigenvalue weighted by molar-refractivity contribution is -0.149. The second kappa shape index (κ2) is 7.55. The molecule has 0 aliphatic heterocycles. The number of fused-ring (bicyclic) bond motifs is 1. The third-order valence-electron chi connectivity index (χ3n) is 4.43. The predicted octanol–water partition coefficient (Wildman–Crippen LogP) is 2.68. The van der Waals surface area contributed by atoms with Gasteiger partial charge in [0.15, 0.2) is 11.5 Å². The third-order valence-corrected chi connectivity index (χ3v) is 4.43. The maximum absolute atomic E-state index is 13.4. The maximum atomic E-state index is 13.4. The number of hydrogen-bond donors (Lipinski definition) is 0. The highest BCUT2D eigenvalue weighted by Gasteiger charge is 2.59. The number of ether oxygens (including phenoxy) is 3. The molecule has 0 atom stereocenters. The molecule has 30 heavy (non-hydrogen) atoms. The quantitative estimate of drug-likeness (QED) is 0.429. The molecule has 0 aromatic heterocycles. The van der Waals surface area contributed by atoms with E-state index < -0.39 is 35.1 Å². The number of rotatable bonds is 4. The summed E-state index contributed by atoms with van der Waals surface area (Å²) < 4.78 is 15.7. The Morgan fingerprint density at radius 2 is 1.33 bits per heavy atom. The summed E-state index contributed by atoms with van der Waals surface area (Å²) >= 11 is 0. The third kappa shape index (κ3) is 3.36. The Labute approximate surface area is 171 Å². The second-order valence-corrected chi connectivity index (χ2v) is 6.81. The Bertz CT molecular complexity index is 1080. The number of hydrogen-bond acceptors (Lipinski definition) is 8. The number of Topliss-reactive ketones (excluding diaryl/α,β-unsaturated/α-hetero) is 2. The summed E-state index contributed by atoms with van der Waals surface area (Å²) in [5.74, 6) is -4.50. The molecule has 1 aliphatic carbocycles. The first kappa shape index (κ1) is 20.9. The van der Waals surface area contributed by atoms with E-state index in [9.17, 15) is 24.0 Å². The van der Waals surface area contributed by atoms with Crippen LogP contribution >= 0.6 is 0 Å². The van der Waals surface area contributed by atoms with Crippen molar-refractivity contribution in [1.82, 2.24) is 0 Å². The fourth-order valence-electron chi connectivity index (χ4n) is 3.45. The molecule has 0 radical (unpaired) electrons. The van der Waals surface area contributed by atoms with Crippen molar-refractivity contribution in [3.8, 4) is 11.5 Å². The van der Waals surface area contributed by atoms with Gasteiger partial charge in [-0.25, -0.2) is 0 Å². The molecular weight excluding hydrogens is 392 g/mol. The SMILES string of the molecule is CC(=O)Oc1cc(C)cc(C2(OC(C)=O)C(=O)c3ccccc3C2=O)c1OC(C)=O. The Balaban J connectivity index is 2.39. The topological polar surface area (TPSA) is 113 Å². The average molecular weight is 410 g/mol. The van der Waals surface area contributed by atoms with Crippen LogP contribution in [0.2, 0.25) is 0 Å². The molecule has 0 fully saturated rings. The first-order valence-electron chi connectivity index (χ1n) is 8.98. The van der Waals surface area contributed by atoms with E-state index in [4.69, 9.17) is 14.2 Å². The molecular formula is C22H18O8. The van der Waals surface area contributed by atoms with Crippen LogP contribution in [0.1, 0.15) is 52.6 Å². The van der Waals surface area contributed by atoms with Gasteiger partial charge in [0.05, 0.1) is 5.56 Å². The smallest absolute Gasteiger partial charge is 0.308 e. The molecule has 0 spiro atoms. The Morgan fingerprint density at radius 1 is 0.800 bits per heavy atom. The van der Waals surface area contributed by atoms with Crippen molar-refractivity contribution in [2.45, 2.75) is 33.3 Å². The van der Waals surface area contributed by atoms with Crippen LogP contribution in [0.25, 0.3) is 0 Å². The zero-order valence-corrected chi connectivity index (χ0v) is 16.7. The van der Waals surface area contributed by atoms with Crippen LogP contribution in [0.15, 0.2) is 36.4 Å². The van der Waals surface area contributed by atoms with E-state index in [1.807, 2.05) is 0 Å². The van der Waals surface area contributed by atoms with Gasteiger partial charge in [0, 0.05) is 31.9 Å². The van der Waals surface area contributed by atoms with Crippen molar-refractivity contribution in [1.29, 1.82) is 0 Å². The molecule has 1 aliphatic rings. The van der Waals surface area contributed by atoms with Crippen molar-refractivity contribution in [3.63, 3.8) is 0 Å². The first-order valence-corrected chi connectivity index (χ1v) is 8.98. The molecule has 0 amide bonds. The van der Waals surface area contributed by atoms with E-state index in [2.05, 4.69) is 0 Å². The van der Waals surface area contributed by atoms with E-state index in [-0.39, 0.29) is 28.2 Å². The van der Waals surface area contributed by atoms with Crippen LogP contribution < -0.4 is 9.47 Å². The number of benzene rings is 2. The minimum atomic E-state index is -2.42. The van der Waals surface area contributed by atoms with Crippen LogP contribution in [-0.2, 0) is 24.7 Å². The fourth-order valence-corrected chi connectivity index (χ4v) is 3.45. The minimum Gasteiger partial charge on any atom is -0.437 e. The van der Waals surface area contributed by atoms with Crippen LogP contribution in [0.4, 0.5) is 0 Å². The molecule has 2 aromatic carbocycles. The highest BCUT2D eigenvalue weighted by molar-refractivity contribution is 6.33. The van der Waals surface area contributed by atoms with Crippen LogP contribution in [0.5, 0.6) is 11.5 Å². The van der Waals surface area contributed by atoms with E-state index in [1.165, 1.54) is 24.3 Å². The van der Waals surface area contributed by atoms with Gasteiger partial charge in [-0.15, -0.1) is 0 Å². The van der Waals surface area contributed by atoms with Gasteiger partial charge < -0.3 is 14.2 Å². The summed E-state index contributed by atoms with van der Waals surface area (Å²) in [4.78, 5) is 62.1. The number of esters is 3. The standard InChI is InChI=1S/C22H18O8/c1-11-9-17(19(29-13(3)24)18(10-11)28-12(2)23)22(30-14(4)25)20(26)15-7-5-6-8-16(15)21(22)27/h5-10H,1-4H3. The summed E-state index contributed by atoms with van der Waals surface area (Å²) in [5, 5.41) is 0. The van der Waals surface area contributed by atoms with Crippen molar-refractivity contribution >= 4 is 29.5 Å². The Hall–Kier alpha value is -3.81. The van der Waals surface area contributed by atoms with Gasteiger partial charge in [-0.05, 0) is 24.6 Å². The average Bonchev–Trinajstić information content (AvgIpc) is 2.85. The summed E-state index contributed by atoms with van der Waals surface area (Å²) in [6, 6.07) is 8.81. The van der Waals surface area contributed by atoms with Crippen LogP contribution in [-0.4, -0.2) is 29.5 Å². The summed E-state index contributed by atoms with van der Waals surface area (Å²) in [6.07, 6.45) is 0. The van der Waals surface area contributed by atoms with Crippen LogP contribution in [0.3, 0.4) is 0 Å². The largest absolute Gasteiger partial charge is 0.437 e. The number of carbonyl (C=O) groups excluding carboxylic acids is 5. The maximum Gasteiger partial charge on any atom is 0.308 e. The molecule has 0 saturated carbocycles. The molecule has 2 aromatic rings. The lowest BCUT2D eigenvalue weighted by Crippen LogP contribution is -2.43. The van der Waals surface area contributed by atoms with Crippen molar-refractivity contribution in [2.24, 2.45) is 0 Å². The van der Waals surface area contributed by atoms with Gasteiger partial charge in [-0.2, -0.15) is 0 Å². The molecule has 3 rings (SSSR count). The normalized spacial score (nSPS) is 14.1. The predicted molar refractivity (Wildman–Crippen MR) is 102 cm³/mol. The molecule has 0 bridgehead atoms. The number of carbonyl (C=O) groups is 5. The van der Waals surface area contributed by atoms with Crippen molar-refractivity contribution in [3.05, 3.63) is 58.7 Å². The van der Waals surface area contributed by atoms with Crippen molar-refractivity contribution in [2.75, 3.05) is 0 Å². The molecule has 0 unspecified atom stereocenters. The second-order valence-electron chi connectivity index (χ2n) is 6.81. The minimum absolute atomic E-state index is 0.0630. The highest BCUT2D eigenvalue weighted by Crippen LogP contribution is 2.48. The fraction of sp³-hybridized carbons (Fsp3) is 0.227. The van der Waals surface area contributed by atoms with E-state index in [1.54, 1.807) is 19.1 Å². The van der Waals surface area contributed by atoms with E-state index in [0.29, 0.717) is 5.56 Å². The van der Waals surface area contributed by atoms with Crippen molar-refractivity contribution < 1.29 is 38.2 Å². The molecule has 0 heterocycles. The first-order chi connectivity index (χ1) is 14.1.